The van der Waals surface area contributed by atoms with Gasteiger partial charge in [0.15, 0.2) is 0 Å². The number of halogens is 3. The van der Waals surface area contributed by atoms with Gasteiger partial charge in [-0.05, 0) is 12.1 Å². The third-order valence-electron chi connectivity index (χ3n) is 3.48. The van der Waals surface area contributed by atoms with Gasteiger partial charge in [-0.3, -0.25) is 4.79 Å². The highest BCUT2D eigenvalue weighted by Gasteiger charge is 2.57. The molecule has 0 aliphatic rings. The maximum Gasteiger partial charge on any atom is 0.424 e. The van der Waals surface area contributed by atoms with Crippen molar-refractivity contribution in [3.8, 4) is 6.07 Å². The van der Waals surface area contributed by atoms with Crippen LogP contribution in [-0.4, -0.2) is 38.3 Å². The first kappa shape index (κ1) is 17.6. The van der Waals surface area contributed by atoms with Crippen LogP contribution in [0, 0.1) is 11.3 Å². The topological polar surface area (TPSA) is 107 Å². The van der Waals surface area contributed by atoms with Crippen LogP contribution in [0.1, 0.15) is 28.4 Å². The minimum atomic E-state index is -4.96. The number of hydrogen-bond donors (Lipinski definition) is 3. The Labute approximate surface area is 134 Å². The Balaban J connectivity index is 2.08. The second-order valence-electron chi connectivity index (χ2n) is 5.12. The minimum Gasteiger partial charge on any atom is -0.374 e. The monoisotopic (exact) mass is 341 g/mol. The molecule has 24 heavy (non-hydrogen) atoms. The van der Waals surface area contributed by atoms with Crippen molar-refractivity contribution in [1.82, 2.24) is 19.9 Å². The van der Waals surface area contributed by atoms with Crippen LogP contribution in [0.2, 0.25) is 0 Å². The predicted octanol–water partition coefficient (Wildman–Crippen LogP) is 1.19. The maximum atomic E-state index is 13.3. The van der Waals surface area contributed by atoms with Crippen LogP contribution in [0.4, 0.5) is 13.2 Å². The van der Waals surface area contributed by atoms with E-state index in [-0.39, 0.29) is 11.4 Å². The predicted molar refractivity (Wildman–Crippen MR) is 75.6 cm³/mol. The first-order valence-corrected chi connectivity index (χ1v) is 6.83. The van der Waals surface area contributed by atoms with E-state index in [1.165, 1.54) is 25.4 Å². The lowest BCUT2D eigenvalue weighted by atomic mass is 9.97. The molecule has 7 nitrogen and oxygen atoms in total. The Kier molecular flexibility index (Phi) is 4.66. The van der Waals surface area contributed by atoms with Crippen LogP contribution in [0.25, 0.3) is 0 Å². The molecule has 1 amide bonds. The number of hydrogen-bond acceptors (Lipinski definition) is 4. The highest BCUT2D eigenvalue weighted by molar-refractivity contribution is 5.92. The van der Waals surface area contributed by atoms with Gasteiger partial charge in [0.2, 0.25) is 5.60 Å². The second kappa shape index (κ2) is 6.37. The molecule has 2 heterocycles. The van der Waals surface area contributed by atoms with Crippen LogP contribution in [0.15, 0.2) is 24.5 Å². The largest absolute Gasteiger partial charge is 0.424 e. The number of aromatic amines is 1. The number of H-pyrrole nitrogens is 1. The molecule has 0 saturated heterocycles. The van der Waals surface area contributed by atoms with Gasteiger partial charge in [0, 0.05) is 32.4 Å². The summed E-state index contributed by atoms with van der Waals surface area (Å²) in [4.78, 5) is 17.9. The molecule has 0 aromatic carbocycles. The minimum absolute atomic E-state index is 0.0408. The number of nitrogens with one attached hydrogen (secondary N) is 2. The van der Waals surface area contributed by atoms with E-state index >= 15 is 0 Å². The molecule has 2 aromatic rings. The van der Waals surface area contributed by atoms with Crippen molar-refractivity contribution in [2.24, 2.45) is 7.05 Å². The highest BCUT2D eigenvalue weighted by Crippen LogP contribution is 2.40. The average molecular weight is 341 g/mol. The fraction of sp³-hybridized carbons (Fsp3) is 0.357. The number of carbonyl (C=O) groups excluding carboxylic acids is 1. The van der Waals surface area contributed by atoms with E-state index in [0.717, 1.165) is 10.8 Å². The molecule has 2 aromatic heterocycles. The normalized spacial score (nSPS) is 14.0. The van der Waals surface area contributed by atoms with E-state index in [4.69, 9.17) is 5.26 Å². The van der Waals surface area contributed by atoms with E-state index in [0.29, 0.717) is 0 Å². The van der Waals surface area contributed by atoms with Gasteiger partial charge in [-0.25, -0.2) is 4.98 Å². The molecule has 0 radical (unpaired) electrons. The van der Waals surface area contributed by atoms with Gasteiger partial charge < -0.3 is 20.0 Å². The van der Waals surface area contributed by atoms with Crippen molar-refractivity contribution in [1.29, 1.82) is 5.26 Å². The summed E-state index contributed by atoms with van der Waals surface area (Å²) in [7, 11) is 1.33. The van der Waals surface area contributed by atoms with E-state index in [1.807, 2.05) is 0 Å². The summed E-state index contributed by atoms with van der Waals surface area (Å²) >= 11 is 0. The van der Waals surface area contributed by atoms with Crippen molar-refractivity contribution >= 4 is 5.91 Å². The van der Waals surface area contributed by atoms with Crippen molar-refractivity contribution in [3.05, 3.63) is 41.7 Å². The Morgan fingerprint density at radius 1 is 1.50 bits per heavy atom. The van der Waals surface area contributed by atoms with Gasteiger partial charge in [0.05, 0.1) is 0 Å². The van der Waals surface area contributed by atoms with Crippen LogP contribution in [-0.2, 0) is 12.6 Å². The molecule has 0 aliphatic heterocycles. The molecule has 10 heteroatoms. The molecule has 0 saturated carbocycles. The number of aliphatic hydroxyl groups is 1. The number of aromatic nitrogens is 3. The summed E-state index contributed by atoms with van der Waals surface area (Å²) in [5.41, 5.74) is -2.99. The lowest BCUT2D eigenvalue weighted by molar-refractivity contribution is -0.272. The molecule has 2 rings (SSSR count). The zero-order valence-electron chi connectivity index (χ0n) is 12.6. The summed E-state index contributed by atoms with van der Waals surface area (Å²) < 4.78 is 40.9. The SMILES string of the molecule is Cn1ccnc1C(O)(CCNC(=O)c1ccc(C#N)[nH]1)C(F)(F)F. The fourth-order valence-electron chi connectivity index (χ4n) is 2.19. The lowest BCUT2D eigenvalue weighted by Gasteiger charge is -2.29. The van der Waals surface area contributed by atoms with E-state index in [1.54, 1.807) is 6.07 Å². The summed E-state index contributed by atoms with van der Waals surface area (Å²) in [6.45, 7) is -0.442. The Morgan fingerprint density at radius 3 is 2.71 bits per heavy atom. The number of nitrogens with zero attached hydrogens (tertiary/aromatic N) is 3. The molecule has 1 atom stereocenters. The summed E-state index contributed by atoms with van der Waals surface area (Å²) in [6.07, 6.45) is -3.34. The molecular formula is C14H14F3N5O2. The van der Waals surface area contributed by atoms with Crippen LogP contribution < -0.4 is 5.32 Å². The first-order chi connectivity index (χ1) is 11.2. The van der Waals surface area contributed by atoms with Crippen molar-refractivity contribution in [3.63, 3.8) is 0 Å². The molecule has 3 N–H and O–H groups in total. The van der Waals surface area contributed by atoms with Crippen LogP contribution in [0.3, 0.4) is 0 Å². The van der Waals surface area contributed by atoms with Gasteiger partial charge >= 0.3 is 6.18 Å². The summed E-state index contributed by atoms with van der Waals surface area (Å²) in [6, 6.07) is 4.50. The van der Waals surface area contributed by atoms with E-state index < -0.39 is 36.5 Å². The molecule has 1 unspecified atom stereocenters. The van der Waals surface area contributed by atoms with E-state index in [9.17, 15) is 23.1 Å². The first-order valence-electron chi connectivity index (χ1n) is 6.83. The van der Waals surface area contributed by atoms with Gasteiger partial charge in [0.25, 0.3) is 5.91 Å². The number of alkyl halides is 3. The molecule has 0 spiro atoms. The Bertz CT molecular complexity index is 774. The molecule has 0 bridgehead atoms. The maximum absolute atomic E-state index is 13.3. The quantitative estimate of drug-likeness (QED) is 0.759. The molecule has 0 fully saturated rings. The number of imidazole rings is 1. The van der Waals surface area contributed by atoms with Crippen molar-refractivity contribution < 1.29 is 23.1 Å². The van der Waals surface area contributed by atoms with E-state index in [2.05, 4.69) is 15.3 Å². The van der Waals surface area contributed by atoms with Gasteiger partial charge in [-0.1, -0.05) is 0 Å². The smallest absolute Gasteiger partial charge is 0.374 e. The fourth-order valence-corrected chi connectivity index (χ4v) is 2.19. The van der Waals surface area contributed by atoms with Gasteiger partial charge in [0.1, 0.15) is 23.3 Å². The highest BCUT2D eigenvalue weighted by atomic mass is 19.4. The third-order valence-corrected chi connectivity index (χ3v) is 3.48. The number of rotatable bonds is 5. The number of amides is 1. The van der Waals surface area contributed by atoms with Gasteiger partial charge in [-0.2, -0.15) is 18.4 Å². The van der Waals surface area contributed by atoms with Crippen LogP contribution in [0.5, 0.6) is 0 Å². The standard InChI is InChI=1S/C14H14F3N5O2/c1-22-7-6-20-12(22)13(24,14(15,16)17)4-5-19-11(23)10-3-2-9(8-18)21-10/h2-3,6-7,21,24H,4-5H2,1H3,(H,19,23). The third kappa shape index (κ3) is 3.26. The molecule has 0 aliphatic carbocycles. The number of carbonyl (C=O) groups is 1. The lowest BCUT2D eigenvalue weighted by Crippen LogP contribution is -2.46. The van der Waals surface area contributed by atoms with Crippen LogP contribution >= 0.6 is 0 Å². The zero-order chi connectivity index (χ0) is 18.0. The Hall–Kier alpha value is -2.80. The second-order valence-corrected chi connectivity index (χ2v) is 5.12. The Morgan fingerprint density at radius 2 is 2.21 bits per heavy atom. The zero-order valence-corrected chi connectivity index (χ0v) is 12.6. The van der Waals surface area contributed by atoms with Crippen molar-refractivity contribution in [2.75, 3.05) is 6.54 Å². The van der Waals surface area contributed by atoms with Crippen molar-refractivity contribution in [2.45, 2.75) is 18.2 Å². The number of nitriles is 1. The van der Waals surface area contributed by atoms with Gasteiger partial charge in [-0.15, -0.1) is 0 Å². The molecular weight excluding hydrogens is 327 g/mol. The average Bonchev–Trinajstić information content (AvgIpc) is 3.14. The molecule has 128 valence electrons. The number of aryl methyl sites for hydroxylation is 1. The summed E-state index contributed by atoms with van der Waals surface area (Å²) in [5.74, 6) is -1.24. The summed E-state index contributed by atoms with van der Waals surface area (Å²) in [5, 5.41) is 21.0.